The summed E-state index contributed by atoms with van der Waals surface area (Å²) in [4.78, 5) is 1.81. The third-order valence-corrected chi connectivity index (χ3v) is 4.45. The van der Waals surface area contributed by atoms with Crippen molar-refractivity contribution >= 4 is 0 Å². The summed E-state index contributed by atoms with van der Waals surface area (Å²) < 4.78 is 0. The average Bonchev–Trinajstić information content (AvgIpc) is 3.05. The van der Waals surface area contributed by atoms with Crippen molar-refractivity contribution in [2.45, 2.75) is 46.3 Å². The van der Waals surface area contributed by atoms with E-state index in [0.29, 0.717) is 12.6 Å². The molecule has 0 radical (unpaired) electrons. The molecule has 3 aromatic rings. The van der Waals surface area contributed by atoms with Gasteiger partial charge in [0.05, 0.1) is 6.54 Å². The molecule has 0 saturated carbocycles. The molecule has 0 aliphatic rings. The molecule has 0 aliphatic carbocycles. The summed E-state index contributed by atoms with van der Waals surface area (Å²) in [7, 11) is 0. The third kappa shape index (κ3) is 4.54. The Balaban J connectivity index is 1.86. The molecule has 0 fully saturated rings. The van der Waals surface area contributed by atoms with E-state index in [-0.39, 0.29) is 0 Å². The smallest absolute Gasteiger partial charge is 0.117 e. The number of benzene rings is 2. The molecule has 1 aromatic heterocycles. The van der Waals surface area contributed by atoms with Gasteiger partial charge < -0.3 is 5.32 Å². The normalized spacial score (nSPS) is 12.3. The molecule has 4 nitrogen and oxygen atoms in total. The maximum atomic E-state index is 4.77. The van der Waals surface area contributed by atoms with Gasteiger partial charge in [-0.05, 0) is 25.8 Å². The largest absolute Gasteiger partial charge is 0.309 e. The minimum Gasteiger partial charge on any atom is -0.309 e. The van der Waals surface area contributed by atoms with Gasteiger partial charge in [-0.2, -0.15) is 15.0 Å². The van der Waals surface area contributed by atoms with Crippen LogP contribution in [0.15, 0.2) is 54.6 Å². The molecule has 2 aromatic carbocycles. The molecule has 1 N–H and O–H groups in total. The summed E-state index contributed by atoms with van der Waals surface area (Å²) in [6, 6.07) is 19.3. The van der Waals surface area contributed by atoms with Crippen LogP contribution in [0.25, 0.3) is 11.3 Å². The van der Waals surface area contributed by atoms with Gasteiger partial charge in [0, 0.05) is 18.2 Å². The highest BCUT2D eigenvalue weighted by Gasteiger charge is 2.14. The topological polar surface area (TPSA) is 42.7 Å². The number of nitrogens with zero attached hydrogens (tertiary/aromatic N) is 3. The molecule has 0 spiro atoms. The van der Waals surface area contributed by atoms with E-state index in [1.165, 1.54) is 11.1 Å². The predicted molar refractivity (Wildman–Crippen MR) is 102 cm³/mol. The Bertz CT molecular complexity index is 791. The summed E-state index contributed by atoms with van der Waals surface area (Å²) >= 11 is 0. The fourth-order valence-electron chi connectivity index (χ4n) is 2.66. The van der Waals surface area contributed by atoms with E-state index < -0.39 is 0 Å². The summed E-state index contributed by atoms with van der Waals surface area (Å²) in [6.45, 7) is 7.89. The van der Waals surface area contributed by atoms with Crippen molar-refractivity contribution in [3.63, 3.8) is 0 Å². The summed E-state index contributed by atoms with van der Waals surface area (Å²) in [5.41, 5.74) is 5.54. The monoisotopic (exact) mass is 334 g/mol. The number of nitrogens with one attached hydrogen (secondary N) is 1. The van der Waals surface area contributed by atoms with Crippen LogP contribution in [0.2, 0.25) is 0 Å². The Hall–Kier alpha value is -2.46. The highest BCUT2D eigenvalue weighted by molar-refractivity contribution is 5.60. The van der Waals surface area contributed by atoms with Gasteiger partial charge in [0.2, 0.25) is 0 Å². The first-order valence-corrected chi connectivity index (χ1v) is 8.94. The Kier molecular flexibility index (Phi) is 5.61. The van der Waals surface area contributed by atoms with E-state index in [0.717, 1.165) is 29.9 Å². The SMILES string of the molecule is CC[C@H](C)NCc1nn(Cc2ccc(C)cc2)nc1-c1ccccc1. The van der Waals surface area contributed by atoms with Crippen molar-refractivity contribution in [1.29, 1.82) is 0 Å². The molecule has 4 heteroatoms. The fourth-order valence-corrected chi connectivity index (χ4v) is 2.66. The molecule has 0 unspecified atom stereocenters. The van der Waals surface area contributed by atoms with Crippen molar-refractivity contribution in [2.75, 3.05) is 0 Å². The molecule has 0 bridgehead atoms. The summed E-state index contributed by atoms with van der Waals surface area (Å²) in [5.74, 6) is 0. The van der Waals surface area contributed by atoms with Crippen LogP contribution in [0, 0.1) is 6.92 Å². The van der Waals surface area contributed by atoms with Gasteiger partial charge in [0.1, 0.15) is 11.4 Å². The Labute approximate surface area is 149 Å². The van der Waals surface area contributed by atoms with Crippen LogP contribution in [0.4, 0.5) is 0 Å². The summed E-state index contributed by atoms with van der Waals surface area (Å²) in [5, 5.41) is 13.0. The summed E-state index contributed by atoms with van der Waals surface area (Å²) in [6.07, 6.45) is 1.10. The Morgan fingerprint density at radius 3 is 2.40 bits per heavy atom. The van der Waals surface area contributed by atoms with Gasteiger partial charge >= 0.3 is 0 Å². The second-order valence-electron chi connectivity index (χ2n) is 6.57. The van der Waals surface area contributed by atoms with E-state index in [1.54, 1.807) is 4.80 Å². The average molecular weight is 334 g/mol. The first-order valence-electron chi connectivity index (χ1n) is 8.94. The van der Waals surface area contributed by atoms with E-state index >= 15 is 0 Å². The van der Waals surface area contributed by atoms with Crippen molar-refractivity contribution in [2.24, 2.45) is 0 Å². The van der Waals surface area contributed by atoms with Crippen molar-refractivity contribution < 1.29 is 0 Å². The Morgan fingerprint density at radius 2 is 1.72 bits per heavy atom. The molecule has 25 heavy (non-hydrogen) atoms. The molecule has 0 saturated heterocycles. The molecule has 130 valence electrons. The van der Waals surface area contributed by atoms with E-state index in [2.05, 4.69) is 62.5 Å². The standard InChI is InChI=1S/C21H26N4/c1-4-17(3)22-14-20-21(19-8-6-5-7-9-19)24-25(23-20)15-18-12-10-16(2)11-13-18/h5-13,17,22H,4,14-15H2,1-3H3/t17-/m0/s1. The third-order valence-electron chi connectivity index (χ3n) is 4.45. The van der Waals surface area contributed by atoms with Gasteiger partial charge in [-0.1, -0.05) is 67.1 Å². The van der Waals surface area contributed by atoms with Crippen LogP contribution in [-0.4, -0.2) is 21.0 Å². The van der Waals surface area contributed by atoms with Crippen LogP contribution in [0.1, 0.15) is 37.1 Å². The maximum Gasteiger partial charge on any atom is 0.117 e. The maximum absolute atomic E-state index is 4.77. The van der Waals surface area contributed by atoms with Crippen LogP contribution in [0.3, 0.4) is 0 Å². The highest BCUT2D eigenvalue weighted by Crippen LogP contribution is 2.20. The number of hydrogen-bond acceptors (Lipinski definition) is 3. The van der Waals surface area contributed by atoms with E-state index in [4.69, 9.17) is 10.2 Å². The highest BCUT2D eigenvalue weighted by atomic mass is 15.5. The van der Waals surface area contributed by atoms with Crippen molar-refractivity contribution in [1.82, 2.24) is 20.3 Å². The van der Waals surface area contributed by atoms with Crippen LogP contribution >= 0.6 is 0 Å². The molecule has 0 amide bonds. The predicted octanol–water partition coefficient (Wildman–Crippen LogP) is 4.19. The lowest BCUT2D eigenvalue weighted by molar-refractivity contribution is 0.520. The Morgan fingerprint density at radius 1 is 1.00 bits per heavy atom. The lowest BCUT2D eigenvalue weighted by atomic mass is 10.1. The molecule has 3 rings (SSSR count). The molecule has 0 aliphatic heterocycles. The first-order chi connectivity index (χ1) is 12.2. The van der Waals surface area contributed by atoms with Gasteiger partial charge in [-0.15, -0.1) is 0 Å². The van der Waals surface area contributed by atoms with Crippen LogP contribution in [0.5, 0.6) is 0 Å². The first kappa shape index (κ1) is 17.4. The number of rotatable bonds is 7. The van der Waals surface area contributed by atoms with Crippen molar-refractivity contribution in [3.8, 4) is 11.3 Å². The second-order valence-corrected chi connectivity index (χ2v) is 6.57. The van der Waals surface area contributed by atoms with Gasteiger partial charge in [0.25, 0.3) is 0 Å². The zero-order chi connectivity index (χ0) is 17.6. The van der Waals surface area contributed by atoms with Crippen LogP contribution < -0.4 is 5.32 Å². The zero-order valence-corrected chi connectivity index (χ0v) is 15.2. The lowest BCUT2D eigenvalue weighted by Crippen LogP contribution is -2.25. The molecular weight excluding hydrogens is 308 g/mol. The van der Waals surface area contributed by atoms with Gasteiger partial charge in [-0.3, -0.25) is 0 Å². The zero-order valence-electron chi connectivity index (χ0n) is 15.2. The minimum absolute atomic E-state index is 0.464. The van der Waals surface area contributed by atoms with E-state index in [9.17, 15) is 0 Å². The minimum atomic E-state index is 0.464. The second kappa shape index (κ2) is 8.08. The van der Waals surface area contributed by atoms with Crippen molar-refractivity contribution in [3.05, 3.63) is 71.4 Å². The number of aromatic nitrogens is 3. The molecule has 1 heterocycles. The van der Waals surface area contributed by atoms with Crippen LogP contribution in [-0.2, 0) is 13.1 Å². The number of aryl methyl sites for hydroxylation is 1. The quantitative estimate of drug-likeness (QED) is 0.704. The fraction of sp³-hybridized carbons (Fsp3) is 0.333. The van der Waals surface area contributed by atoms with Gasteiger partial charge in [0.15, 0.2) is 0 Å². The van der Waals surface area contributed by atoms with Gasteiger partial charge in [-0.25, -0.2) is 0 Å². The van der Waals surface area contributed by atoms with E-state index in [1.807, 2.05) is 18.2 Å². The molecule has 1 atom stereocenters. The lowest BCUT2D eigenvalue weighted by Gasteiger charge is -2.10. The number of hydrogen-bond donors (Lipinski definition) is 1. The molecular formula is C21H26N4.